The van der Waals surface area contributed by atoms with Crippen LogP contribution in [0.4, 0.5) is 5.88 Å². The molecule has 2 aromatic heterocycles. The average Bonchev–Trinajstić information content (AvgIpc) is 3.53. The summed E-state index contributed by atoms with van der Waals surface area (Å²) in [4.78, 5) is 8.16. The zero-order chi connectivity index (χ0) is 27.6. The summed E-state index contributed by atoms with van der Waals surface area (Å²) in [6, 6.07) is 12.0. The number of hydrogen-bond acceptors (Lipinski definition) is 10. The molecule has 0 amide bonds. The number of hydrogen-bond donors (Lipinski definition) is 1. The summed E-state index contributed by atoms with van der Waals surface area (Å²) in [5, 5.41) is 3.98. The standard InChI is InChI=1S/C26H25BrN4O7S/c1-26(2,3)17-5-7-19(8-6-17)39(32,33)31-24-22(16-4-9-20-21(12-16)37-15-36-20)23(30-38-24)34-10-11-35-25-28-13-18(27)14-29-25/h4-9,12-14,31H,10-11,15H2,1-3H3. The van der Waals surface area contributed by atoms with Gasteiger partial charge in [-0.25, -0.2) is 23.1 Å². The van der Waals surface area contributed by atoms with Crippen LogP contribution in [0.2, 0.25) is 0 Å². The van der Waals surface area contributed by atoms with E-state index in [4.69, 9.17) is 23.5 Å². The maximum absolute atomic E-state index is 13.3. The van der Waals surface area contributed by atoms with Crippen LogP contribution in [0, 0.1) is 0 Å². The summed E-state index contributed by atoms with van der Waals surface area (Å²) >= 11 is 3.27. The van der Waals surface area contributed by atoms with E-state index in [0.717, 1.165) is 10.0 Å². The van der Waals surface area contributed by atoms with Crippen molar-refractivity contribution >= 4 is 31.8 Å². The molecule has 4 aromatic rings. The molecule has 0 atom stereocenters. The lowest BCUT2D eigenvalue weighted by Crippen LogP contribution is -2.15. The number of fused-ring (bicyclic) bond motifs is 1. The molecule has 0 saturated heterocycles. The predicted octanol–water partition coefficient (Wildman–Crippen LogP) is 5.18. The minimum Gasteiger partial charge on any atom is -0.471 e. The van der Waals surface area contributed by atoms with Crippen LogP contribution in [-0.4, -0.2) is 43.5 Å². The molecular weight excluding hydrogens is 592 g/mol. The van der Waals surface area contributed by atoms with Crippen LogP contribution >= 0.6 is 15.9 Å². The van der Waals surface area contributed by atoms with Gasteiger partial charge in [0.15, 0.2) is 11.5 Å². The number of aromatic nitrogens is 3. The third-order valence-electron chi connectivity index (χ3n) is 5.73. The molecule has 39 heavy (non-hydrogen) atoms. The Morgan fingerprint density at radius 1 is 0.974 bits per heavy atom. The molecular formula is C26H25BrN4O7S. The Kier molecular flexibility index (Phi) is 7.36. The number of ether oxygens (including phenoxy) is 4. The molecule has 0 fully saturated rings. The van der Waals surface area contributed by atoms with Crippen molar-refractivity contribution in [3.8, 4) is 34.5 Å². The van der Waals surface area contributed by atoms with Crippen LogP contribution in [0.15, 0.2) is 68.7 Å². The lowest BCUT2D eigenvalue weighted by molar-refractivity contribution is 0.174. The van der Waals surface area contributed by atoms with Gasteiger partial charge in [-0.15, -0.1) is 0 Å². The number of halogens is 1. The highest BCUT2D eigenvalue weighted by molar-refractivity contribution is 9.10. The SMILES string of the molecule is CC(C)(C)c1ccc(S(=O)(=O)Nc2onc(OCCOc3ncc(Br)cn3)c2-c2ccc3c(c2)OCO3)cc1. The highest BCUT2D eigenvalue weighted by Gasteiger charge is 2.27. The number of anilines is 1. The molecule has 0 saturated carbocycles. The highest BCUT2D eigenvalue weighted by Crippen LogP contribution is 2.42. The first-order chi connectivity index (χ1) is 18.6. The second-order valence-electron chi connectivity index (χ2n) is 9.52. The van der Waals surface area contributed by atoms with E-state index in [-0.39, 0.29) is 48.1 Å². The average molecular weight is 617 g/mol. The van der Waals surface area contributed by atoms with Gasteiger partial charge in [-0.3, -0.25) is 0 Å². The van der Waals surface area contributed by atoms with Crippen molar-refractivity contribution in [3.63, 3.8) is 0 Å². The van der Waals surface area contributed by atoms with Crippen LogP contribution in [0.3, 0.4) is 0 Å². The molecule has 0 aliphatic carbocycles. The van der Waals surface area contributed by atoms with Gasteiger partial charge in [-0.05, 0) is 61.9 Å². The fourth-order valence-electron chi connectivity index (χ4n) is 3.71. The molecule has 0 spiro atoms. The smallest absolute Gasteiger partial charge is 0.316 e. The first kappa shape index (κ1) is 26.8. The maximum atomic E-state index is 13.3. The minimum atomic E-state index is -4.01. The van der Waals surface area contributed by atoms with E-state index in [9.17, 15) is 8.42 Å². The molecule has 1 N–H and O–H groups in total. The summed E-state index contributed by atoms with van der Waals surface area (Å²) in [5.41, 5.74) is 1.73. The fourth-order valence-corrected chi connectivity index (χ4v) is 4.91. The second-order valence-corrected chi connectivity index (χ2v) is 12.1. The molecule has 0 bridgehead atoms. The van der Waals surface area contributed by atoms with E-state index in [1.165, 1.54) is 0 Å². The Labute approximate surface area is 233 Å². The summed E-state index contributed by atoms with van der Waals surface area (Å²) in [7, 11) is -4.01. The van der Waals surface area contributed by atoms with E-state index in [0.29, 0.717) is 22.6 Å². The molecule has 11 nitrogen and oxygen atoms in total. The van der Waals surface area contributed by atoms with Crippen LogP contribution in [0.1, 0.15) is 26.3 Å². The molecule has 1 aliphatic heterocycles. The normalized spacial score (nSPS) is 12.8. The maximum Gasteiger partial charge on any atom is 0.316 e. The van der Waals surface area contributed by atoms with E-state index in [1.807, 2.05) is 0 Å². The van der Waals surface area contributed by atoms with Gasteiger partial charge in [0.1, 0.15) is 18.8 Å². The molecule has 2 aromatic carbocycles. The molecule has 13 heteroatoms. The molecule has 0 unspecified atom stereocenters. The second kappa shape index (κ2) is 10.7. The Morgan fingerprint density at radius 2 is 1.67 bits per heavy atom. The Balaban J connectivity index is 1.39. The van der Waals surface area contributed by atoms with Crippen LogP contribution < -0.4 is 23.7 Å². The quantitative estimate of drug-likeness (QED) is 0.251. The lowest BCUT2D eigenvalue weighted by atomic mass is 9.87. The predicted molar refractivity (Wildman–Crippen MR) is 145 cm³/mol. The number of benzene rings is 2. The first-order valence-corrected chi connectivity index (χ1v) is 14.1. The number of sulfonamides is 1. The van der Waals surface area contributed by atoms with Gasteiger partial charge in [-0.1, -0.05) is 39.0 Å². The Hall–Kier alpha value is -3.84. The van der Waals surface area contributed by atoms with Crippen molar-refractivity contribution in [3.05, 3.63) is 64.9 Å². The van der Waals surface area contributed by atoms with E-state index >= 15 is 0 Å². The topological polar surface area (TPSA) is 135 Å². The number of nitrogens with one attached hydrogen (secondary N) is 1. The third kappa shape index (κ3) is 6.09. The molecule has 0 radical (unpaired) electrons. The Morgan fingerprint density at radius 3 is 2.38 bits per heavy atom. The minimum absolute atomic E-state index is 0.0595. The summed E-state index contributed by atoms with van der Waals surface area (Å²) in [6.45, 7) is 6.42. The van der Waals surface area contributed by atoms with Gasteiger partial charge in [-0.2, -0.15) is 0 Å². The number of rotatable bonds is 9. The third-order valence-corrected chi connectivity index (χ3v) is 7.49. The monoisotopic (exact) mass is 616 g/mol. The summed E-state index contributed by atoms with van der Waals surface area (Å²) < 4.78 is 57.4. The van der Waals surface area contributed by atoms with Gasteiger partial charge in [0.25, 0.3) is 15.9 Å². The largest absolute Gasteiger partial charge is 0.471 e. The molecule has 3 heterocycles. The number of nitrogens with zero attached hydrogens (tertiary/aromatic N) is 3. The zero-order valence-electron chi connectivity index (χ0n) is 21.3. The highest BCUT2D eigenvalue weighted by atomic mass is 79.9. The van der Waals surface area contributed by atoms with Gasteiger partial charge in [0, 0.05) is 12.4 Å². The van der Waals surface area contributed by atoms with Crippen molar-refractivity contribution in [2.24, 2.45) is 0 Å². The Bertz CT molecular complexity index is 1570. The van der Waals surface area contributed by atoms with Crippen LogP contribution in [-0.2, 0) is 15.4 Å². The zero-order valence-corrected chi connectivity index (χ0v) is 23.7. The van der Waals surface area contributed by atoms with Crippen LogP contribution in [0.5, 0.6) is 23.4 Å². The van der Waals surface area contributed by atoms with Gasteiger partial charge < -0.3 is 23.5 Å². The van der Waals surface area contributed by atoms with Crippen molar-refractivity contribution in [2.75, 3.05) is 24.7 Å². The van der Waals surface area contributed by atoms with Crippen molar-refractivity contribution in [1.29, 1.82) is 0 Å². The first-order valence-electron chi connectivity index (χ1n) is 11.9. The van der Waals surface area contributed by atoms with E-state index in [2.05, 4.69) is 56.5 Å². The lowest BCUT2D eigenvalue weighted by Gasteiger charge is -2.19. The van der Waals surface area contributed by atoms with E-state index in [1.54, 1.807) is 54.9 Å². The summed E-state index contributed by atoms with van der Waals surface area (Å²) in [6.07, 6.45) is 3.13. The van der Waals surface area contributed by atoms with Crippen LogP contribution in [0.25, 0.3) is 11.1 Å². The van der Waals surface area contributed by atoms with Crippen molar-refractivity contribution < 1.29 is 31.9 Å². The van der Waals surface area contributed by atoms with Crippen molar-refractivity contribution in [2.45, 2.75) is 31.1 Å². The van der Waals surface area contributed by atoms with Gasteiger partial charge >= 0.3 is 6.01 Å². The van der Waals surface area contributed by atoms with E-state index < -0.39 is 10.0 Å². The van der Waals surface area contributed by atoms with Gasteiger partial charge in [0.2, 0.25) is 12.7 Å². The molecule has 5 rings (SSSR count). The van der Waals surface area contributed by atoms with Gasteiger partial charge in [0.05, 0.1) is 9.37 Å². The van der Waals surface area contributed by atoms with Crippen molar-refractivity contribution in [1.82, 2.24) is 15.1 Å². The molecule has 204 valence electrons. The summed E-state index contributed by atoms with van der Waals surface area (Å²) in [5.74, 6) is 1.03. The fraction of sp³-hybridized carbons (Fsp3) is 0.269. The molecule has 1 aliphatic rings.